The van der Waals surface area contributed by atoms with Crippen molar-refractivity contribution in [1.29, 1.82) is 0 Å². The van der Waals surface area contributed by atoms with Crippen LogP contribution in [-0.2, 0) is 27.8 Å². The molecule has 0 aromatic heterocycles. The average Bonchev–Trinajstić information content (AvgIpc) is 2.93. The fraction of sp³-hybridized carbons (Fsp3) is 0.600. The van der Waals surface area contributed by atoms with Gasteiger partial charge in [0.2, 0.25) is 10.0 Å². The monoisotopic (exact) mass is 313 g/mol. The van der Waals surface area contributed by atoms with E-state index in [1.165, 1.54) is 0 Å². The lowest BCUT2D eigenvalue weighted by Gasteiger charge is -2.16. The van der Waals surface area contributed by atoms with Gasteiger partial charge in [-0.25, -0.2) is 13.1 Å². The number of rotatable bonds is 6. The lowest BCUT2D eigenvalue weighted by molar-refractivity contribution is 0.107. The SMILES string of the molecule is CCc1ccc(CO)cc1S(=O)(=O)NC1CCC(OC)C1. The molecule has 1 saturated carbocycles. The van der Waals surface area contributed by atoms with Crippen molar-refractivity contribution in [1.82, 2.24) is 4.72 Å². The summed E-state index contributed by atoms with van der Waals surface area (Å²) in [6, 6.07) is 5.01. The molecule has 5 nitrogen and oxygen atoms in total. The van der Waals surface area contributed by atoms with Gasteiger partial charge in [0.05, 0.1) is 17.6 Å². The molecule has 0 aliphatic heterocycles. The number of benzene rings is 1. The van der Waals surface area contributed by atoms with E-state index in [2.05, 4.69) is 4.72 Å². The van der Waals surface area contributed by atoms with Crippen molar-refractivity contribution in [2.75, 3.05) is 7.11 Å². The summed E-state index contributed by atoms with van der Waals surface area (Å²) in [4.78, 5) is 0.275. The first-order valence-electron chi connectivity index (χ1n) is 7.28. The van der Waals surface area contributed by atoms with Gasteiger partial charge in [-0.15, -0.1) is 0 Å². The summed E-state index contributed by atoms with van der Waals surface area (Å²) in [5.74, 6) is 0. The Morgan fingerprint density at radius 2 is 2.14 bits per heavy atom. The Balaban J connectivity index is 2.23. The molecule has 118 valence electrons. The van der Waals surface area contributed by atoms with Crippen LogP contribution in [0.5, 0.6) is 0 Å². The van der Waals surface area contributed by atoms with Gasteiger partial charge in [0.25, 0.3) is 0 Å². The third-order valence-electron chi connectivity index (χ3n) is 4.02. The Hall–Kier alpha value is -0.950. The maximum absolute atomic E-state index is 12.6. The Morgan fingerprint density at radius 1 is 1.38 bits per heavy atom. The molecule has 1 aromatic rings. The number of hydrogen-bond acceptors (Lipinski definition) is 4. The quantitative estimate of drug-likeness (QED) is 0.836. The first-order chi connectivity index (χ1) is 10.00. The smallest absolute Gasteiger partial charge is 0.241 e. The molecule has 0 heterocycles. The van der Waals surface area contributed by atoms with E-state index in [0.29, 0.717) is 18.4 Å². The Morgan fingerprint density at radius 3 is 2.71 bits per heavy atom. The van der Waals surface area contributed by atoms with E-state index in [1.54, 1.807) is 25.3 Å². The Kier molecular flexibility index (Phi) is 5.37. The van der Waals surface area contributed by atoms with Crippen molar-refractivity contribution in [3.63, 3.8) is 0 Å². The highest BCUT2D eigenvalue weighted by Crippen LogP contribution is 2.25. The zero-order valence-corrected chi connectivity index (χ0v) is 13.3. The van der Waals surface area contributed by atoms with Gasteiger partial charge >= 0.3 is 0 Å². The second-order valence-electron chi connectivity index (χ2n) is 5.44. The van der Waals surface area contributed by atoms with Crippen LogP contribution in [0.3, 0.4) is 0 Å². The highest BCUT2D eigenvalue weighted by Gasteiger charge is 2.29. The van der Waals surface area contributed by atoms with E-state index < -0.39 is 10.0 Å². The van der Waals surface area contributed by atoms with Crippen LogP contribution in [-0.4, -0.2) is 32.8 Å². The minimum Gasteiger partial charge on any atom is -0.392 e. The lowest BCUT2D eigenvalue weighted by Crippen LogP contribution is -2.34. The standard InChI is InChI=1S/C15H23NO4S/c1-3-12-5-4-11(10-17)8-15(12)21(18,19)16-13-6-7-14(9-13)20-2/h4-5,8,13-14,16-17H,3,6-7,9-10H2,1-2H3. The van der Waals surface area contributed by atoms with E-state index in [4.69, 9.17) is 4.74 Å². The lowest BCUT2D eigenvalue weighted by atomic mass is 10.1. The summed E-state index contributed by atoms with van der Waals surface area (Å²) in [6.45, 7) is 1.76. The summed E-state index contributed by atoms with van der Waals surface area (Å²) in [5.41, 5.74) is 1.37. The Labute approximate surface area is 126 Å². The number of aliphatic hydroxyl groups excluding tert-OH is 1. The number of aryl methyl sites for hydroxylation is 1. The van der Waals surface area contributed by atoms with E-state index in [9.17, 15) is 13.5 Å². The van der Waals surface area contributed by atoms with Crippen LogP contribution >= 0.6 is 0 Å². The number of hydrogen-bond donors (Lipinski definition) is 2. The molecule has 2 rings (SSSR count). The van der Waals surface area contributed by atoms with E-state index >= 15 is 0 Å². The largest absolute Gasteiger partial charge is 0.392 e. The zero-order valence-electron chi connectivity index (χ0n) is 12.5. The summed E-state index contributed by atoms with van der Waals surface area (Å²) in [5, 5.41) is 9.21. The molecule has 2 N–H and O–H groups in total. The van der Waals surface area contributed by atoms with Crippen LogP contribution in [0.25, 0.3) is 0 Å². The maximum atomic E-state index is 12.6. The molecule has 1 aliphatic rings. The van der Waals surface area contributed by atoms with Crippen molar-refractivity contribution in [3.8, 4) is 0 Å². The van der Waals surface area contributed by atoms with E-state index in [1.807, 2.05) is 6.92 Å². The highest BCUT2D eigenvalue weighted by molar-refractivity contribution is 7.89. The molecule has 1 aromatic carbocycles. The van der Waals surface area contributed by atoms with Gasteiger partial charge in [0.1, 0.15) is 0 Å². The molecule has 0 bridgehead atoms. The van der Waals surface area contributed by atoms with Crippen LogP contribution in [0.15, 0.2) is 23.1 Å². The van der Waals surface area contributed by atoms with Crippen molar-refractivity contribution in [2.24, 2.45) is 0 Å². The van der Waals surface area contributed by atoms with Gasteiger partial charge in [-0.1, -0.05) is 19.1 Å². The molecule has 1 aliphatic carbocycles. The minimum atomic E-state index is -3.57. The molecule has 21 heavy (non-hydrogen) atoms. The zero-order chi connectivity index (χ0) is 15.5. The predicted molar refractivity (Wildman–Crippen MR) is 80.5 cm³/mol. The summed E-state index contributed by atoms with van der Waals surface area (Å²) in [6.07, 6.45) is 3.14. The number of ether oxygens (including phenoxy) is 1. The molecule has 0 radical (unpaired) electrons. The summed E-state index contributed by atoms with van der Waals surface area (Å²) >= 11 is 0. The normalized spacial score (nSPS) is 22.6. The van der Waals surface area contributed by atoms with E-state index in [-0.39, 0.29) is 23.6 Å². The first-order valence-corrected chi connectivity index (χ1v) is 8.76. The van der Waals surface area contributed by atoms with E-state index in [0.717, 1.165) is 18.4 Å². The fourth-order valence-corrected chi connectivity index (χ4v) is 4.43. The maximum Gasteiger partial charge on any atom is 0.241 e. The third kappa shape index (κ3) is 3.83. The molecular formula is C15H23NO4S. The fourth-order valence-electron chi connectivity index (χ4n) is 2.78. The van der Waals surface area contributed by atoms with Crippen LogP contribution in [0.4, 0.5) is 0 Å². The molecule has 2 atom stereocenters. The van der Waals surface area contributed by atoms with Gasteiger partial charge in [0, 0.05) is 13.2 Å². The molecule has 0 amide bonds. The van der Waals surface area contributed by atoms with Gasteiger partial charge < -0.3 is 9.84 Å². The van der Waals surface area contributed by atoms with Crippen LogP contribution in [0, 0.1) is 0 Å². The number of methoxy groups -OCH3 is 1. The van der Waals surface area contributed by atoms with Crippen LogP contribution < -0.4 is 4.72 Å². The van der Waals surface area contributed by atoms with Crippen molar-refractivity contribution < 1.29 is 18.3 Å². The minimum absolute atomic E-state index is 0.0811. The topological polar surface area (TPSA) is 75.6 Å². The Bertz CT molecular complexity index is 585. The highest BCUT2D eigenvalue weighted by atomic mass is 32.2. The molecule has 0 spiro atoms. The first kappa shape index (κ1) is 16.4. The number of sulfonamides is 1. The second-order valence-corrected chi connectivity index (χ2v) is 7.13. The predicted octanol–water partition coefficient (Wildman–Crippen LogP) is 1.59. The average molecular weight is 313 g/mol. The van der Waals surface area contributed by atoms with Gasteiger partial charge in [-0.2, -0.15) is 0 Å². The molecule has 6 heteroatoms. The summed E-state index contributed by atoms with van der Waals surface area (Å²) in [7, 11) is -1.91. The second kappa shape index (κ2) is 6.87. The van der Waals surface area contributed by atoms with Crippen LogP contribution in [0.2, 0.25) is 0 Å². The van der Waals surface area contributed by atoms with Crippen molar-refractivity contribution in [2.45, 2.75) is 56.3 Å². The van der Waals surface area contributed by atoms with Gasteiger partial charge in [-0.05, 0) is 42.9 Å². The number of nitrogens with one attached hydrogen (secondary N) is 1. The number of aliphatic hydroxyl groups is 1. The van der Waals surface area contributed by atoms with Crippen molar-refractivity contribution in [3.05, 3.63) is 29.3 Å². The van der Waals surface area contributed by atoms with Crippen molar-refractivity contribution >= 4 is 10.0 Å². The molecule has 1 fully saturated rings. The summed E-state index contributed by atoms with van der Waals surface area (Å²) < 4.78 is 33.2. The van der Waals surface area contributed by atoms with Crippen LogP contribution in [0.1, 0.15) is 37.3 Å². The third-order valence-corrected chi connectivity index (χ3v) is 5.63. The molecular weight excluding hydrogens is 290 g/mol. The van der Waals surface area contributed by atoms with Gasteiger partial charge in [-0.3, -0.25) is 0 Å². The van der Waals surface area contributed by atoms with Gasteiger partial charge in [0.15, 0.2) is 0 Å². The molecule has 2 unspecified atom stereocenters. The molecule has 0 saturated heterocycles.